The van der Waals surface area contributed by atoms with Crippen molar-refractivity contribution in [1.29, 1.82) is 0 Å². The third kappa shape index (κ3) is 11.9. The molecule has 1 rings (SSSR count). The second-order valence-corrected chi connectivity index (χ2v) is 11.1. The Balaban J connectivity index is 1.97. The molecule has 0 amide bonds. The third-order valence-corrected chi connectivity index (χ3v) is 7.87. The van der Waals surface area contributed by atoms with E-state index in [1.165, 1.54) is 64.2 Å². The van der Waals surface area contributed by atoms with Gasteiger partial charge in [-0.25, -0.2) is 0 Å². The molecule has 0 spiro atoms. The van der Waals surface area contributed by atoms with Crippen LogP contribution >= 0.6 is 7.37 Å². The summed E-state index contributed by atoms with van der Waals surface area (Å²) in [5.74, 6) is 0. The summed E-state index contributed by atoms with van der Waals surface area (Å²) in [5, 5.41) is 28.6. The van der Waals surface area contributed by atoms with E-state index < -0.39 is 38.4 Å². The van der Waals surface area contributed by atoms with Crippen molar-refractivity contribution < 1.29 is 29.5 Å². The van der Waals surface area contributed by atoms with Crippen molar-refractivity contribution >= 4 is 7.37 Å². The van der Waals surface area contributed by atoms with Gasteiger partial charge in [-0.1, -0.05) is 90.4 Å². The van der Waals surface area contributed by atoms with E-state index in [0.717, 1.165) is 19.3 Å². The number of hydrogen-bond donors (Lipinski definition) is 3. The normalized spacial score (nSPS) is 26.7. The minimum Gasteiger partial charge on any atom is -0.799 e. The lowest BCUT2D eigenvalue weighted by atomic mass is 10.0. The number of ether oxygens (including phenoxy) is 1. The summed E-state index contributed by atoms with van der Waals surface area (Å²) >= 11 is 0. The molecule has 0 aromatic heterocycles. The van der Waals surface area contributed by atoms with Gasteiger partial charge in [0.2, 0.25) is 0 Å². The van der Waals surface area contributed by atoms with Gasteiger partial charge in [0, 0.05) is 13.5 Å². The summed E-state index contributed by atoms with van der Waals surface area (Å²) in [6, 6.07) is 0. The fraction of sp³-hybridized carbons (Fsp3) is 1.00. The van der Waals surface area contributed by atoms with Gasteiger partial charge in [-0.3, -0.25) is 0 Å². The van der Waals surface area contributed by atoms with Crippen LogP contribution in [0, 0.1) is 0 Å². The Morgan fingerprint density at radius 2 is 1.17 bits per heavy atom. The van der Waals surface area contributed by atoms with Crippen LogP contribution in [-0.2, 0) is 9.30 Å². The molecule has 3 N–H and O–H groups in total. The lowest BCUT2D eigenvalue weighted by molar-refractivity contribution is -0.177. The van der Waals surface area contributed by atoms with Crippen molar-refractivity contribution in [3.63, 3.8) is 0 Å². The summed E-state index contributed by atoms with van der Waals surface area (Å²) in [7, 11) is -3.65. The van der Waals surface area contributed by atoms with Gasteiger partial charge in [0.15, 0.2) is 0 Å². The van der Waals surface area contributed by atoms with E-state index in [1.807, 2.05) is 0 Å². The highest BCUT2D eigenvalue weighted by molar-refractivity contribution is 7.56. The Labute approximate surface area is 177 Å². The molecule has 1 unspecified atom stereocenters. The van der Waals surface area contributed by atoms with Crippen molar-refractivity contribution in [3.05, 3.63) is 0 Å². The lowest BCUT2D eigenvalue weighted by Crippen LogP contribution is -2.35. The molecular formula is C22H44O6P-. The molecule has 5 atom stereocenters. The molecule has 1 saturated heterocycles. The Hall–Kier alpha value is 0.0300. The molecule has 1 fully saturated rings. The Bertz CT molecular complexity index is 447. The van der Waals surface area contributed by atoms with Crippen LogP contribution in [0.15, 0.2) is 0 Å². The molecule has 1 aliphatic heterocycles. The molecule has 0 aromatic rings. The average Bonchev–Trinajstić information content (AvgIpc) is 2.95. The Morgan fingerprint density at radius 1 is 0.759 bits per heavy atom. The predicted octanol–water partition coefficient (Wildman–Crippen LogP) is 3.59. The molecule has 0 bridgehead atoms. The maximum absolute atomic E-state index is 12.2. The topological polar surface area (TPSA) is 110 Å². The van der Waals surface area contributed by atoms with Crippen LogP contribution in [0.3, 0.4) is 0 Å². The van der Waals surface area contributed by atoms with Crippen LogP contribution in [-0.4, -0.2) is 58.7 Å². The number of unbranched alkanes of at least 4 members (excludes halogenated alkanes) is 13. The highest BCUT2D eigenvalue weighted by Crippen LogP contribution is 2.40. The monoisotopic (exact) mass is 435 g/mol. The Morgan fingerprint density at radius 3 is 1.59 bits per heavy atom. The molecule has 1 aliphatic rings. The first-order chi connectivity index (χ1) is 13.9. The largest absolute Gasteiger partial charge is 0.799 e. The van der Waals surface area contributed by atoms with Gasteiger partial charge in [-0.05, 0) is 12.6 Å². The van der Waals surface area contributed by atoms with E-state index in [-0.39, 0.29) is 12.3 Å². The summed E-state index contributed by atoms with van der Waals surface area (Å²) in [4.78, 5) is 12.2. The fourth-order valence-electron chi connectivity index (χ4n) is 4.04. The average molecular weight is 436 g/mol. The molecule has 0 aromatic carbocycles. The molecule has 7 heteroatoms. The van der Waals surface area contributed by atoms with Gasteiger partial charge in [-0.15, -0.1) is 0 Å². The minimum atomic E-state index is -3.65. The molecule has 0 radical (unpaired) electrons. The molecule has 0 saturated carbocycles. The lowest BCUT2D eigenvalue weighted by Gasteiger charge is -2.27. The van der Waals surface area contributed by atoms with Gasteiger partial charge < -0.3 is 29.5 Å². The van der Waals surface area contributed by atoms with Gasteiger partial charge in [0.05, 0.1) is 12.7 Å². The predicted molar refractivity (Wildman–Crippen MR) is 115 cm³/mol. The summed E-state index contributed by atoms with van der Waals surface area (Å²) in [5.41, 5.74) is 0. The second kappa shape index (κ2) is 15.8. The van der Waals surface area contributed by atoms with Crippen LogP contribution in [0.1, 0.15) is 96.8 Å². The van der Waals surface area contributed by atoms with Crippen LogP contribution in [0.25, 0.3) is 0 Å². The Kier molecular flexibility index (Phi) is 14.7. The molecule has 0 aliphatic carbocycles. The second-order valence-electron chi connectivity index (χ2n) is 8.69. The van der Waals surface area contributed by atoms with Crippen molar-refractivity contribution in [3.8, 4) is 0 Å². The highest BCUT2D eigenvalue weighted by Gasteiger charge is 2.43. The zero-order valence-corrected chi connectivity index (χ0v) is 19.2. The summed E-state index contributed by atoms with van der Waals surface area (Å²) < 4.78 is 17.5. The minimum absolute atomic E-state index is 0.109. The van der Waals surface area contributed by atoms with Crippen LogP contribution in [0.5, 0.6) is 0 Å². The van der Waals surface area contributed by atoms with Crippen molar-refractivity contribution in [1.82, 2.24) is 0 Å². The quantitative estimate of drug-likeness (QED) is 0.224. The SMILES string of the molecule is CCCCCCCCCCCCCCCCP(=O)([O-])C[C@@H]1O[C@H](CO)[C@@H](O)[C@@H]1O. The fourth-order valence-corrected chi connectivity index (χ4v) is 5.78. The molecular weight excluding hydrogens is 391 g/mol. The maximum Gasteiger partial charge on any atom is 0.111 e. The van der Waals surface area contributed by atoms with E-state index in [4.69, 9.17) is 9.84 Å². The van der Waals surface area contributed by atoms with E-state index in [9.17, 15) is 19.7 Å². The van der Waals surface area contributed by atoms with E-state index in [1.54, 1.807) is 0 Å². The zero-order valence-electron chi connectivity index (χ0n) is 18.3. The number of aliphatic hydroxyl groups is 3. The van der Waals surface area contributed by atoms with E-state index >= 15 is 0 Å². The zero-order chi connectivity index (χ0) is 21.5. The van der Waals surface area contributed by atoms with Crippen LogP contribution in [0.4, 0.5) is 0 Å². The maximum atomic E-state index is 12.2. The van der Waals surface area contributed by atoms with E-state index in [2.05, 4.69) is 6.92 Å². The van der Waals surface area contributed by atoms with Gasteiger partial charge in [0.1, 0.15) is 18.3 Å². The number of hydrogen-bond acceptors (Lipinski definition) is 6. The molecule has 1 heterocycles. The van der Waals surface area contributed by atoms with Crippen molar-refractivity contribution in [2.45, 2.75) is 121 Å². The van der Waals surface area contributed by atoms with Crippen LogP contribution < -0.4 is 4.89 Å². The van der Waals surface area contributed by atoms with Gasteiger partial charge >= 0.3 is 0 Å². The third-order valence-electron chi connectivity index (χ3n) is 5.95. The summed E-state index contributed by atoms with van der Waals surface area (Å²) in [6.45, 7) is 1.81. The molecule has 6 nitrogen and oxygen atoms in total. The van der Waals surface area contributed by atoms with Crippen molar-refractivity contribution in [2.24, 2.45) is 0 Å². The summed E-state index contributed by atoms with van der Waals surface area (Å²) in [6.07, 6.45) is 12.6. The number of rotatable bonds is 18. The first-order valence-electron chi connectivity index (χ1n) is 11.8. The smallest absolute Gasteiger partial charge is 0.111 e. The van der Waals surface area contributed by atoms with Crippen LogP contribution in [0.2, 0.25) is 0 Å². The molecule has 174 valence electrons. The molecule has 29 heavy (non-hydrogen) atoms. The standard InChI is InChI=1S/C22H45O6P/c1-2-3-4-5-6-7-8-9-10-11-12-13-14-15-16-29(26,27)18-20-22(25)21(24)19(17-23)28-20/h19-25H,2-18H2,1H3,(H,26,27)/p-1/t19-,20+,21-,22-/m1/s1. The number of aliphatic hydroxyl groups excluding tert-OH is 3. The first kappa shape index (κ1) is 27.1. The first-order valence-corrected chi connectivity index (χ1v) is 13.8. The van der Waals surface area contributed by atoms with Crippen molar-refractivity contribution in [2.75, 3.05) is 18.9 Å². The van der Waals surface area contributed by atoms with Gasteiger partial charge in [-0.2, -0.15) is 0 Å². The van der Waals surface area contributed by atoms with Gasteiger partial charge in [0.25, 0.3) is 0 Å². The highest BCUT2D eigenvalue weighted by atomic mass is 31.2. The van der Waals surface area contributed by atoms with E-state index in [0.29, 0.717) is 6.42 Å².